The number of para-hydroxylation sites is 1. The predicted molar refractivity (Wildman–Crippen MR) is 97.8 cm³/mol. The lowest BCUT2D eigenvalue weighted by atomic mass is 9.93. The Balaban J connectivity index is 1.69. The maximum absolute atomic E-state index is 13.2. The summed E-state index contributed by atoms with van der Waals surface area (Å²) in [5.74, 6) is 1.13. The first-order valence-corrected chi connectivity index (χ1v) is 9.44. The number of nitrogens with zero attached hydrogens (tertiary/aromatic N) is 2. The van der Waals surface area contributed by atoms with Crippen LogP contribution >= 0.6 is 11.8 Å². The number of thioether (sulfide) groups is 1. The molecule has 0 saturated carbocycles. The van der Waals surface area contributed by atoms with Gasteiger partial charge in [-0.1, -0.05) is 31.5 Å². The molecule has 1 unspecified atom stereocenters. The number of Topliss-reactive ketones (excluding diaryl/α,β-unsaturated/α-hetero) is 1. The maximum atomic E-state index is 13.2. The second kappa shape index (κ2) is 6.13. The summed E-state index contributed by atoms with van der Waals surface area (Å²) in [6.45, 7) is 2.16. The number of hydrogen-bond acceptors (Lipinski definition) is 3. The van der Waals surface area contributed by atoms with Gasteiger partial charge in [0.1, 0.15) is 0 Å². The third kappa shape index (κ3) is 2.38. The predicted octanol–water partition coefficient (Wildman–Crippen LogP) is 4.00. The van der Waals surface area contributed by atoms with Gasteiger partial charge in [-0.2, -0.15) is 0 Å². The van der Waals surface area contributed by atoms with Crippen molar-refractivity contribution in [2.45, 2.75) is 31.2 Å². The van der Waals surface area contributed by atoms with E-state index < -0.39 is 0 Å². The molecule has 1 aromatic carbocycles. The molecule has 2 aromatic heterocycles. The molecule has 124 valence electrons. The molecule has 4 rings (SSSR count). The van der Waals surface area contributed by atoms with Gasteiger partial charge in [0.25, 0.3) is 0 Å². The summed E-state index contributed by atoms with van der Waals surface area (Å²) in [6, 6.07) is 8.19. The smallest absolute Gasteiger partial charge is 0.170 e. The molecule has 24 heavy (non-hydrogen) atoms. The van der Waals surface area contributed by atoms with Gasteiger partial charge < -0.3 is 9.55 Å². The minimum Gasteiger partial charge on any atom is -0.348 e. The summed E-state index contributed by atoms with van der Waals surface area (Å²) in [5, 5.41) is 2.19. The second-order valence-corrected chi connectivity index (χ2v) is 7.42. The minimum atomic E-state index is 0.0179. The first kappa shape index (κ1) is 15.5. The van der Waals surface area contributed by atoms with Crippen LogP contribution in [0.2, 0.25) is 0 Å². The van der Waals surface area contributed by atoms with Gasteiger partial charge in [-0.25, -0.2) is 4.98 Å². The number of carbonyl (C=O) groups excluding carboxylic acids is 1. The average Bonchev–Trinajstić information content (AvgIpc) is 3.14. The van der Waals surface area contributed by atoms with E-state index in [2.05, 4.69) is 40.6 Å². The Morgan fingerprint density at radius 3 is 3.04 bits per heavy atom. The molecule has 3 heterocycles. The number of aromatic amines is 1. The van der Waals surface area contributed by atoms with E-state index in [1.54, 1.807) is 18.1 Å². The molecule has 5 heteroatoms. The summed E-state index contributed by atoms with van der Waals surface area (Å²) in [7, 11) is 2.05. The lowest BCUT2D eigenvalue weighted by Crippen LogP contribution is -2.25. The summed E-state index contributed by atoms with van der Waals surface area (Å²) < 4.78 is 2.15. The average molecular weight is 339 g/mol. The fraction of sp³-hybridized carbons (Fsp3) is 0.368. The maximum Gasteiger partial charge on any atom is 0.170 e. The highest BCUT2D eigenvalue weighted by atomic mass is 32.2. The Hall–Kier alpha value is -2.01. The molecular formula is C19H21N3OS. The van der Waals surface area contributed by atoms with E-state index in [0.717, 1.165) is 57.9 Å². The van der Waals surface area contributed by atoms with Crippen molar-refractivity contribution in [3.05, 3.63) is 47.5 Å². The monoisotopic (exact) mass is 339 g/mol. The van der Waals surface area contributed by atoms with Gasteiger partial charge in [0, 0.05) is 41.7 Å². The Labute approximate surface area is 145 Å². The lowest BCUT2D eigenvalue weighted by Gasteiger charge is -2.21. The highest BCUT2D eigenvalue weighted by molar-refractivity contribution is 7.99. The van der Waals surface area contributed by atoms with E-state index in [1.165, 1.54) is 0 Å². The van der Waals surface area contributed by atoms with Crippen LogP contribution in [0.3, 0.4) is 0 Å². The van der Waals surface area contributed by atoms with E-state index in [-0.39, 0.29) is 11.7 Å². The van der Waals surface area contributed by atoms with E-state index >= 15 is 0 Å². The topological polar surface area (TPSA) is 50.7 Å². The quantitative estimate of drug-likeness (QED) is 0.781. The van der Waals surface area contributed by atoms with Crippen LogP contribution < -0.4 is 0 Å². The number of imidazole rings is 1. The standard InChI is InChI=1S/C19H21N3OS/c1-3-6-14-15(21-11-20-14)9-12-10-24-19-17(18(12)23)13-7-4-5-8-16(13)22(19)2/h4-5,7-8,11-12H,3,6,9-10H2,1-2H3,(H,20,21). The molecular weight excluding hydrogens is 318 g/mol. The van der Waals surface area contributed by atoms with Crippen molar-refractivity contribution in [1.82, 2.24) is 14.5 Å². The van der Waals surface area contributed by atoms with Gasteiger partial charge in [-0.15, -0.1) is 11.8 Å². The number of ketones is 1. The number of fused-ring (bicyclic) bond motifs is 3. The summed E-state index contributed by atoms with van der Waals surface area (Å²) >= 11 is 1.80. The molecule has 1 aliphatic rings. The molecule has 0 radical (unpaired) electrons. The van der Waals surface area contributed by atoms with Gasteiger partial charge in [0.2, 0.25) is 0 Å². The van der Waals surface area contributed by atoms with Gasteiger partial charge >= 0.3 is 0 Å². The second-order valence-electron chi connectivity index (χ2n) is 6.41. The van der Waals surface area contributed by atoms with Crippen molar-refractivity contribution < 1.29 is 4.79 Å². The fourth-order valence-electron chi connectivity index (χ4n) is 3.61. The summed E-state index contributed by atoms with van der Waals surface area (Å²) in [5.41, 5.74) is 4.28. The van der Waals surface area contributed by atoms with Crippen LogP contribution in [0.1, 0.15) is 35.1 Å². The van der Waals surface area contributed by atoms with Gasteiger partial charge in [0.15, 0.2) is 5.78 Å². The molecule has 1 N–H and O–H groups in total. The van der Waals surface area contributed by atoms with E-state index in [9.17, 15) is 4.79 Å². The minimum absolute atomic E-state index is 0.0179. The summed E-state index contributed by atoms with van der Waals surface area (Å²) in [6.07, 6.45) is 4.54. The zero-order chi connectivity index (χ0) is 16.7. The van der Waals surface area contributed by atoms with Gasteiger partial charge in [-0.3, -0.25) is 4.79 Å². The fourth-order valence-corrected chi connectivity index (χ4v) is 4.89. The first-order chi connectivity index (χ1) is 11.7. The number of aryl methyl sites for hydroxylation is 2. The van der Waals surface area contributed by atoms with Crippen molar-refractivity contribution in [2.24, 2.45) is 13.0 Å². The van der Waals surface area contributed by atoms with Gasteiger partial charge in [0.05, 0.1) is 22.6 Å². The van der Waals surface area contributed by atoms with Crippen LogP contribution in [-0.4, -0.2) is 26.1 Å². The van der Waals surface area contributed by atoms with Crippen LogP contribution in [0, 0.1) is 5.92 Å². The van der Waals surface area contributed by atoms with Crippen LogP contribution in [-0.2, 0) is 19.9 Å². The van der Waals surface area contributed by atoms with Crippen molar-refractivity contribution in [1.29, 1.82) is 0 Å². The van der Waals surface area contributed by atoms with Crippen LogP contribution in [0.15, 0.2) is 35.6 Å². The summed E-state index contributed by atoms with van der Waals surface area (Å²) in [4.78, 5) is 20.8. The number of hydrogen-bond donors (Lipinski definition) is 1. The van der Waals surface area contributed by atoms with Gasteiger partial charge in [-0.05, 0) is 12.5 Å². The van der Waals surface area contributed by atoms with Crippen molar-refractivity contribution >= 4 is 28.4 Å². The molecule has 0 fully saturated rings. The number of carbonyl (C=O) groups is 1. The zero-order valence-corrected chi connectivity index (χ0v) is 14.8. The van der Waals surface area contributed by atoms with E-state index in [0.29, 0.717) is 0 Å². The van der Waals surface area contributed by atoms with Crippen LogP contribution in [0.25, 0.3) is 10.9 Å². The molecule has 0 bridgehead atoms. The lowest BCUT2D eigenvalue weighted by molar-refractivity contribution is 0.0926. The molecule has 0 aliphatic carbocycles. The first-order valence-electron chi connectivity index (χ1n) is 8.46. The van der Waals surface area contributed by atoms with Crippen molar-refractivity contribution in [3.8, 4) is 0 Å². The molecule has 0 amide bonds. The highest BCUT2D eigenvalue weighted by Gasteiger charge is 2.33. The number of rotatable bonds is 4. The molecule has 4 nitrogen and oxygen atoms in total. The number of nitrogens with one attached hydrogen (secondary N) is 1. The molecule has 0 spiro atoms. The van der Waals surface area contributed by atoms with Crippen molar-refractivity contribution in [2.75, 3.05) is 5.75 Å². The number of benzene rings is 1. The van der Waals surface area contributed by atoms with E-state index in [1.807, 2.05) is 12.1 Å². The Morgan fingerprint density at radius 1 is 1.38 bits per heavy atom. The molecule has 0 saturated heterocycles. The third-order valence-electron chi connectivity index (χ3n) is 4.84. The SMILES string of the molecule is CCCc1nc[nH]c1CC1CSc2c(c3ccccc3n2C)C1=O. The Kier molecular flexibility index (Phi) is 3.96. The van der Waals surface area contributed by atoms with E-state index in [4.69, 9.17) is 0 Å². The van der Waals surface area contributed by atoms with Crippen molar-refractivity contribution in [3.63, 3.8) is 0 Å². The Bertz CT molecular complexity index is 909. The molecule has 3 aromatic rings. The van der Waals surface area contributed by atoms with Crippen LogP contribution in [0.5, 0.6) is 0 Å². The normalized spacial score (nSPS) is 17.4. The highest BCUT2D eigenvalue weighted by Crippen LogP contribution is 2.40. The van der Waals surface area contributed by atoms with Crippen LogP contribution in [0.4, 0.5) is 0 Å². The Morgan fingerprint density at radius 2 is 2.21 bits per heavy atom. The molecule has 1 atom stereocenters. The zero-order valence-electron chi connectivity index (χ0n) is 14.0. The number of aromatic nitrogens is 3. The number of H-pyrrole nitrogens is 1. The molecule has 1 aliphatic heterocycles. The third-order valence-corrected chi connectivity index (χ3v) is 6.16. The largest absolute Gasteiger partial charge is 0.348 e.